The first-order valence-electron chi connectivity index (χ1n) is 5.94. The molecule has 2 rings (SSSR count). The topological polar surface area (TPSA) is 52.3 Å². The summed E-state index contributed by atoms with van der Waals surface area (Å²) in [5, 5.41) is 11.6. The largest absolute Gasteiger partial charge is 0.490 e. The van der Waals surface area contributed by atoms with Crippen molar-refractivity contribution in [3.8, 4) is 5.75 Å². The highest BCUT2D eigenvalue weighted by Crippen LogP contribution is 2.18. The van der Waals surface area contributed by atoms with E-state index in [4.69, 9.17) is 4.74 Å². The highest BCUT2D eigenvalue weighted by molar-refractivity contribution is 5.83. The van der Waals surface area contributed by atoms with Crippen molar-refractivity contribution in [2.45, 2.75) is 26.4 Å². The average molecular weight is 244 g/mol. The van der Waals surface area contributed by atoms with Crippen LogP contribution in [0.25, 0.3) is 0 Å². The molecule has 0 spiro atoms. The molecule has 0 amide bonds. The third-order valence-electron chi connectivity index (χ3n) is 2.56. The lowest BCUT2D eigenvalue weighted by Crippen LogP contribution is -2.11. The van der Waals surface area contributed by atoms with Gasteiger partial charge in [0.05, 0.1) is 12.3 Å². The van der Waals surface area contributed by atoms with Gasteiger partial charge >= 0.3 is 0 Å². The molecule has 1 aromatic heterocycles. The molecule has 0 aliphatic carbocycles. The van der Waals surface area contributed by atoms with Crippen LogP contribution in [0.4, 0.5) is 0 Å². The molecule has 0 N–H and O–H groups in total. The number of rotatable bonds is 5. The monoisotopic (exact) mass is 244 g/mol. The quantitative estimate of drug-likeness (QED) is 0.758. The Morgan fingerprint density at radius 3 is 2.78 bits per heavy atom. The average Bonchev–Trinajstić information content (AvgIpc) is 2.91. The summed E-state index contributed by atoms with van der Waals surface area (Å²) in [5.74, 6) is 0.837. The second-order valence-electron chi connectivity index (χ2n) is 3.96. The maximum absolute atomic E-state index is 5.83. The molecule has 0 bridgehead atoms. The second-order valence-corrected chi connectivity index (χ2v) is 3.96. The number of nitrogens with zero attached hydrogens (tertiary/aromatic N) is 4. The second kappa shape index (κ2) is 5.95. The number of para-hydroxylation sites is 1. The van der Waals surface area contributed by atoms with Gasteiger partial charge in [-0.15, -0.1) is 10.2 Å². The molecule has 0 aliphatic heterocycles. The predicted octanol–water partition coefficient (Wildman–Crippen LogP) is 2.34. The maximum Gasteiger partial charge on any atom is 0.141 e. The molecule has 1 aromatic carbocycles. The molecular formula is C13H16N4O. The molecule has 0 saturated carbocycles. The van der Waals surface area contributed by atoms with Gasteiger partial charge in [-0.05, 0) is 25.5 Å². The standard InChI is InChI=1S/C13H16N4O/c1-3-11(2)18-13-7-5-4-6-12(13)8-16-17-9-14-15-10-17/h4-11H,3H2,1-2H3/b16-8+/t11-/m0/s1. The molecule has 1 atom stereocenters. The van der Waals surface area contributed by atoms with Gasteiger partial charge in [-0.1, -0.05) is 19.1 Å². The zero-order valence-corrected chi connectivity index (χ0v) is 10.5. The Bertz CT molecular complexity index is 507. The van der Waals surface area contributed by atoms with Crippen molar-refractivity contribution < 1.29 is 4.74 Å². The third kappa shape index (κ3) is 3.16. The van der Waals surface area contributed by atoms with Gasteiger partial charge in [0.15, 0.2) is 0 Å². The maximum atomic E-state index is 5.83. The molecule has 0 radical (unpaired) electrons. The van der Waals surface area contributed by atoms with Crippen LogP contribution in [0, 0.1) is 0 Å². The lowest BCUT2D eigenvalue weighted by Gasteiger charge is -2.14. The predicted molar refractivity (Wildman–Crippen MR) is 69.8 cm³/mol. The zero-order valence-electron chi connectivity index (χ0n) is 10.5. The van der Waals surface area contributed by atoms with Gasteiger partial charge < -0.3 is 4.74 Å². The first-order valence-corrected chi connectivity index (χ1v) is 5.94. The van der Waals surface area contributed by atoms with Crippen molar-refractivity contribution in [3.63, 3.8) is 0 Å². The molecule has 0 fully saturated rings. The van der Waals surface area contributed by atoms with Crippen LogP contribution in [0.3, 0.4) is 0 Å². The lowest BCUT2D eigenvalue weighted by atomic mass is 10.2. The van der Waals surface area contributed by atoms with Crippen LogP contribution in [0.2, 0.25) is 0 Å². The Kier molecular flexibility index (Phi) is 4.06. The van der Waals surface area contributed by atoms with E-state index in [9.17, 15) is 0 Å². The van der Waals surface area contributed by atoms with Crippen LogP contribution in [0.5, 0.6) is 5.75 Å². The Morgan fingerprint density at radius 2 is 2.06 bits per heavy atom. The van der Waals surface area contributed by atoms with Crippen LogP contribution < -0.4 is 4.74 Å². The van der Waals surface area contributed by atoms with Crippen LogP contribution >= 0.6 is 0 Å². The van der Waals surface area contributed by atoms with Crippen LogP contribution in [0.15, 0.2) is 42.0 Å². The fourth-order valence-electron chi connectivity index (χ4n) is 1.38. The third-order valence-corrected chi connectivity index (χ3v) is 2.56. The van der Waals surface area contributed by atoms with E-state index in [1.54, 1.807) is 10.9 Å². The van der Waals surface area contributed by atoms with Crippen molar-refractivity contribution in [1.82, 2.24) is 14.9 Å². The minimum absolute atomic E-state index is 0.189. The fraction of sp³-hybridized carbons (Fsp3) is 0.308. The summed E-state index contributed by atoms with van der Waals surface area (Å²) in [6, 6.07) is 7.82. The van der Waals surface area contributed by atoms with E-state index in [0.29, 0.717) is 0 Å². The molecule has 18 heavy (non-hydrogen) atoms. The number of ether oxygens (including phenoxy) is 1. The van der Waals surface area contributed by atoms with Gasteiger partial charge in [0.2, 0.25) is 0 Å². The number of aromatic nitrogens is 3. The zero-order chi connectivity index (χ0) is 12.8. The summed E-state index contributed by atoms with van der Waals surface area (Å²) in [7, 11) is 0. The van der Waals surface area contributed by atoms with Crippen molar-refractivity contribution in [2.75, 3.05) is 0 Å². The smallest absolute Gasteiger partial charge is 0.141 e. The Labute approximate surface area is 106 Å². The summed E-state index contributed by atoms with van der Waals surface area (Å²) in [4.78, 5) is 0. The molecular weight excluding hydrogens is 228 g/mol. The van der Waals surface area contributed by atoms with Crippen molar-refractivity contribution in [1.29, 1.82) is 0 Å². The molecule has 5 nitrogen and oxygen atoms in total. The van der Waals surface area contributed by atoms with Crippen molar-refractivity contribution in [2.24, 2.45) is 5.10 Å². The van der Waals surface area contributed by atoms with E-state index in [2.05, 4.69) is 22.2 Å². The number of benzene rings is 1. The van der Waals surface area contributed by atoms with Gasteiger partial charge in [-0.3, -0.25) is 0 Å². The summed E-state index contributed by atoms with van der Waals surface area (Å²) < 4.78 is 7.37. The van der Waals surface area contributed by atoms with Gasteiger partial charge in [0, 0.05) is 5.56 Å². The van der Waals surface area contributed by atoms with Gasteiger partial charge in [0.25, 0.3) is 0 Å². The minimum atomic E-state index is 0.189. The Hall–Kier alpha value is -2.17. The molecule has 94 valence electrons. The van der Waals surface area contributed by atoms with E-state index in [1.165, 1.54) is 12.7 Å². The SMILES string of the molecule is CC[C@H](C)Oc1ccccc1/C=N/n1cnnc1. The van der Waals surface area contributed by atoms with E-state index in [1.807, 2.05) is 31.2 Å². The summed E-state index contributed by atoms with van der Waals surface area (Å²) in [6.45, 7) is 4.15. The molecule has 5 heteroatoms. The lowest BCUT2D eigenvalue weighted by molar-refractivity contribution is 0.217. The van der Waals surface area contributed by atoms with Crippen LogP contribution in [-0.2, 0) is 0 Å². The normalized spacial score (nSPS) is 12.8. The van der Waals surface area contributed by atoms with Gasteiger partial charge in [-0.25, -0.2) is 4.68 Å². The molecule has 0 aliphatic rings. The van der Waals surface area contributed by atoms with Gasteiger partial charge in [-0.2, -0.15) is 5.10 Å². The fourth-order valence-corrected chi connectivity index (χ4v) is 1.38. The summed E-state index contributed by atoms with van der Waals surface area (Å²) in [5.41, 5.74) is 0.937. The summed E-state index contributed by atoms with van der Waals surface area (Å²) >= 11 is 0. The minimum Gasteiger partial charge on any atom is -0.490 e. The first kappa shape index (κ1) is 12.3. The van der Waals surface area contributed by atoms with E-state index in [0.717, 1.165) is 17.7 Å². The molecule has 0 unspecified atom stereocenters. The Morgan fingerprint density at radius 1 is 1.33 bits per heavy atom. The van der Waals surface area contributed by atoms with E-state index < -0.39 is 0 Å². The number of hydrogen-bond donors (Lipinski definition) is 0. The summed E-state index contributed by atoms with van der Waals surface area (Å²) in [6.07, 6.45) is 5.97. The van der Waals surface area contributed by atoms with E-state index >= 15 is 0 Å². The van der Waals surface area contributed by atoms with Crippen molar-refractivity contribution >= 4 is 6.21 Å². The molecule has 0 saturated heterocycles. The van der Waals surface area contributed by atoms with Gasteiger partial charge in [0.1, 0.15) is 18.4 Å². The molecule has 2 aromatic rings. The van der Waals surface area contributed by atoms with E-state index in [-0.39, 0.29) is 6.10 Å². The first-order chi connectivity index (χ1) is 8.79. The number of hydrogen-bond acceptors (Lipinski definition) is 4. The van der Waals surface area contributed by atoms with Crippen LogP contribution in [0.1, 0.15) is 25.8 Å². The molecule has 1 heterocycles. The highest BCUT2D eigenvalue weighted by Gasteiger charge is 2.04. The van der Waals surface area contributed by atoms with Crippen LogP contribution in [-0.4, -0.2) is 27.2 Å². The van der Waals surface area contributed by atoms with Crippen molar-refractivity contribution in [3.05, 3.63) is 42.5 Å². The Balaban J connectivity index is 2.17. The highest BCUT2D eigenvalue weighted by atomic mass is 16.5.